The molecule has 0 saturated carbocycles. The number of hydrogen-bond acceptors (Lipinski definition) is 3. The van der Waals surface area contributed by atoms with Crippen LogP contribution in [0, 0.1) is 17.2 Å². The van der Waals surface area contributed by atoms with E-state index in [1.54, 1.807) is 24.5 Å². The molecule has 0 aliphatic heterocycles. The predicted molar refractivity (Wildman–Crippen MR) is 79.8 cm³/mol. The van der Waals surface area contributed by atoms with E-state index < -0.39 is 5.92 Å². The maximum Gasteiger partial charge on any atom is 0.242 e. The van der Waals surface area contributed by atoms with E-state index in [2.05, 4.69) is 26.2 Å². The zero-order valence-electron chi connectivity index (χ0n) is 10.6. The van der Waals surface area contributed by atoms with Gasteiger partial charge < -0.3 is 5.32 Å². The van der Waals surface area contributed by atoms with Crippen molar-refractivity contribution in [1.82, 2.24) is 4.98 Å². The minimum atomic E-state index is -0.744. The lowest BCUT2D eigenvalue weighted by Crippen LogP contribution is -2.23. The fraction of sp³-hybridized carbons (Fsp3) is 0.133. The van der Waals surface area contributed by atoms with Crippen LogP contribution in [0.25, 0.3) is 0 Å². The third kappa shape index (κ3) is 3.65. The smallest absolute Gasteiger partial charge is 0.242 e. The first-order valence-corrected chi connectivity index (χ1v) is 6.84. The molecule has 0 aliphatic carbocycles. The average Bonchev–Trinajstić information content (AvgIpc) is 2.48. The van der Waals surface area contributed by atoms with Crippen molar-refractivity contribution in [3.8, 4) is 6.07 Å². The van der Waals surface area contributed by atoms with Gasteiger partial charge in [-0.3, -0.25) is 9.78 Å². The van der Waals surface area contributed by atoms with Crippen LogP contribution in [0.2, 0.25) is 0 Å². The molecule has 1 amide bonds. The summed E-state index contributed by atoms with van der Waals surface area (Å²) in [6, 6.07) is 13.0. The Morgan fingerprint density at radius 2 is 2.15 bits per heavy atom. The summed E-state index contributed by atoms with van der Waals surface area (Å²) < 4.78 is 0.784. The number of halogens is 1. The van der Waals surface area contributed by atoms with Crippen molar-refractivity contribution in [3.63, 3.8) is 0 Å². The Labute approximate surface area is 125 Å². The van der Waals surface area contributed by atoms with E-state index in [1.807, 2.05) is 30.3 Å². The lowest BCUT2D eigenvalue weighted by molar-refractivity contribution is -0.118. The zero-order chi connectivity index (χ0) is 14.4. The van der Waals surface area contributed by atoms with Crippen LogP contribution >= 0.6 is 15.9 Å². The molecule has 1 atom stereocenters. The quantitative estimate of drug-likeness (QED) is 0.936. The molecule has 0 saturated heterocycles. The highest BCUT2D eigenvalue weighted by Gasteiger charge is 2.19. The third-order valence-corrected chi connectivity index (χ3v) is 3.46. The number of nitriles is 1. The number of rotatable bonds is 4. The fourth-order valence-corrected chi connectivity index (χ4v) is 2.12. The first kappa shape index (κ1) is 14.2. The van der Waals surface area contributed by atoms with Gasteiger partial charge in [0.1, 0.15) is 5.92 Å². The minimum absolute atomic E-state index is 0.316. The second-order valence-electron chi connectivity index (χ2n) is 4.22. The van der Waals surface area contributed by atoms with Crippen LogP contribution in [-0.4, -0.2) is 10.9 Å². The van der Waals surface area contributed by atoms with Crippen molar-refractivity contribution in [1.29, 1.82) is 5.26 Å². The van der Waals surface area contributed by atoms with Crippen LogP contribution in [0.5, 0.6) is 0 Å². The van der Waals surface area contributed by atoms with E-state index in [-0.39, 0.29) is 5.91 Å². The molecule has 100 valence electrons. The largest absolute Gasteiger partial charge is 0.324 e. The van der Waals surface area contributed by atoms with Gasteiger partial charge in [-0.15, -0.1) is 0 Å². The molecule has 20 heavy (non-hydrogen) atoms. The summed E-state index contributed by atoms with van der Waals surface area (Å²) in [4.78, 5) is 16.1. The molecule has 0 spiro atoms. The highest BCUT2D eigenvalue weighted by atomic mass is 79.9. The number of carbonyl (C=O) groups is 1. The zero-order valence-corrected chi connectivity index (χ0v) is 12.2. The summed E-state index contributed by atoms with van der Waals surface area (Å²) in [5, 5.41) is 11.9. The van der Waals surface area contributed by atoms with Crippen LogP contribution in [-0.2, 0) is 11.2 Å². The van der Waals surface area contributed by atoms with Gasteiger partial charge in [-0.2, -0.15) is 5.26 Å². The van der Waals surface area contributed by atoms with Crippen LogP contribution < -0.4 is 5.32 Å². The highest BCUT2D eigenvalue weighted by Crippen LogP contribution is 2.22. The monoisotopic (exact) mass is 329 g/mol. The van der Waals surface area contributed by atoms with Crippen molar-refractivity contribution in [2.75, 3.05) is 5.32 Å². The van der Waals surface area contributed by atoms with Crippen molar-refractivity contribution in [3.05, 3.63) is 58.8 Å². The van der Waals surface area contributed by atoms with E-state index in [4.69, 9.17) is 5.26 Å². The summed E-state index contributed by atoms with van der Waals surface area (Å²) in [7, 11) is 0. The molecule has 1 aromatic carbocycles. The SMILES string of the molecule is N#C[C@H](Cc1cccnc1)C(=O)Nc1ccccc1Br. The Bertz CT molecular complexity index is 637. The van der Waals surface area contributed by atoms with E-state index in [1.165, 1.54) is 0 Å². The number of nitrogens with zero attached hydrogens (tertiary/aromatic N) is 2. The van der Waals surface area contributed by atoms with Gasteiger partial charge in [0.25, 0.3) is 0 Å². The number of hydrogen-bond donors (Lipinski definition) is 1. The Morgan fingerprint density at radius 1 is 1.35 bits per heavy atom. The molecular formula is C15H12BrN3O. The normalized spacial score (nSPS) is 11.4. The number of anilines is 1. The number of pyridine rings is 1. The Balaban J connectivity index is 2.07. The van der Waals surface area contributed by atoms with E-state index in [0.717, 1.165) is 10.0 Å². The van der Waals surface area contributed by atoms with Gasteiger partial charge >= 0.3 is 0 Å². The second kappa shape index (κ2) is 6.83. The van der Waals surface area contributed by atoms with Crippen LogP contribution in [0.3, 0.4) is 0 Å². The number of benzene rings is 1. The first-order valence-electron chi connectivity index (χ1n) is 6.04. The van der Waals surface area contributed by atoms with E-state index in [0.29, 0.717) is 12.1 Å². The number of para-hydroxylation sites is 1. The molecule has 0 fully saturated rings. The summed E-state index contributed by atoms with van der Waals surface area (Å²) in [6.07, 6.45) is 3.67. The summed E-state index contributed by atoms with van der Waals surface area (Å²) in [5.74, 6) is -1.06. The number of aromatic nitrogens is 1. The molecule has 1 N–H and O–H groups in total. The lowest BCUT2D eigenvalue weighted by Gasteiger charge is -2.11. The topological polar surface area (TPSA) is 65.8 Å². The molecule has 2 rings (SSSR count). The molecule has 1 aromatic heterocycles. The third-order valence-electron chi connectivity index (χ3n) is 2.77. The predicted octanol–water partition coefficient (Wildman–Crippen LogP) is 3.17. The molecule has 0 radical (unpaired) electrons. The van der Waals surface area contributed by atoms with Crippen LogP contribution in [0.1, 0.15) is 5.56 Å². The van der Waals surface area contributed by atoms with Crippen molar-refractivity contribution in [2.45, 2.75) is 6.42 Å². The van der Waals surface area contributed by atoms with Gasteiger partial charge in [0.2, 0.25) is 5.91 Å². The molecular weight excluding hydrogens is 318 g/mol. The number of nitrogens with one attached hydrogen (secondary N) is 1. The lowest BCUT2D eigenvalue weighted by atomic mass is 10.0. The Morgan fingerprint density at radius 3 is 2.80 bits per heavy atom. The van der Waals surface area contributed by atoms with Gasteiger partial charge in [-0.1, -0.05) is 18.2 Å². The van der Waals surface area contributed by atoms with Crippen molar-refractivity contribution >= 4 is 27.5 Å². The molecule has 2 aromatic rings. The van der Waals surface area contributed by atoms with Gasteiger partial charge in [0.05, 0.1) is 11.8 Å². The van der Waals surface area contributed by atoms with E-state index >= 15 is 0 Å². The summed E-state index contributed by atoms with van der Waals surface area (Å²) >= 11 is 3.36. The van der Waals surface area contributed by atoms with Gasteiger partial charge in [-0.05, 0) is 46.1 Å². The first-order chi connectivity index (χ1) is 9.70. The summed E-state index contributed by atoms with van der Waals surface area (Å²) in [5.41, 5.74) is 1.52. The maximum atomic E-state index is 12.1. The van der Waals surface area contributed by atoms with Gasteiger partial charge in [0.15, 0.2) is 0 Å². The van der Waals surface area contributed by atoms with Crippen molar-refractivity contribution < 1.29 is 4.79 Å². The minimum Gasteiger partial charge on any atom is -0.324 e. The molecule has 0 aliphatic rings. The van der Waals surface area contributed by atoms with Gasteiger partial charge in [-0.25, -0.2) is 0 Å². The van der Waals surface area contributed by atoms with Crippen LogP contribution in [0.4, 0.5) is 5.69 Å². The number of carbonyl (C=O) groups excluding carboxylic acids is 1. The van der Waals surface area contributed by atoms with Gasteiger partial charge in [0, 0.05) is 16.9 Å². The summed E-state index contributed by atoms with van der Waals surface area (Å²) in [6.45, 7) is 0. The average molecular weight is 330 g/mol. The molecule has 5 heteroatoms. The molecule has 1 heterocycles. The van der Waals surface area contributed by atoms with Crippen LogP contribution in [0.15, 0.2) is 53.3 Å². The standard InChI is InChI=1S/C15H12BrN3O/c16-13-5-1-2-6-14(13)19-15(20)12(9-17)8-11-4-3-7-18-10-11/h1-7,10,12H,8H2,(H,19,20)/t12-/m0/s1. The van der Waals surface area contributed by atoms with E-state index in [9.17, 15) is 4.79 Å². The van der Waals surface area contributed by atoms with Crippen molar-refractivity contribution in [2.24, 2.45) is 5.92 Å². The Kier molecular flexibility index (Phi) is 4.85. The number of amides is 1. The molecule has 0 unspecified atom stereocenters. The Hall–Kier alpha value is -2.19. The molecule has 4 nitrogen and oxygen atoms in total. The maximum absolute atomic E-state index is 12.1. The highest BCUT2D eigenvalue weighted by molar-refractivity contribution is 9.10. The fourth-order valence-electron chi connectivity index (χ4n) is 1.73. The molecule has 0 bridgehead atoms. The second-order valence-corrected chi connectivity index (χ2v) is 5.07.